The molecule has 1 aliphatic rings. The Hall–Kier alpha value is -7.11. The van der Waals surface area contributed by atoms with Crippen LogP contribution in [0.15, 0.2) is 182 Å². The Balaban J connectivity index is 1.11. The lowest BCUT2D eigenvalue weighted by Crippen LogP contribution is -2.16. The van der Waals surface area contributed by atoms with Crippen molar-refractivity contribution in [2.45, 2.75) is 0 Å². The molecule has 0 aliphatic carbocycles. The smallest absolute Gasteiger partial charge is 0.153 e. The summed E-state index contributed by atoms with van der Waals surface area (Å²) in [5.74, 6) is 1.55. The number of fused-ring (bicyclic) bond motifs is 8. The van der Waals surface area contributed by atoms with Crippen LogP contribution in [-0.4, -0.2) is 14.1 Å². The summed E-state index contributed by atoms with van der Waals surface area (Å²) in [5, 5.41) is 4.90. The molecule has 0 atom stereocenters. The summed E-state index contributed by atoms with van der Waals surface area (Å²) in [7, 11) is 0. The molecule has 0 unspecified atom stereocenters. The second-order valence-electron chi connectivity index (χ2n) is 13.2. The largest absolute Gasteiger partial charge is 0.453 e. The average Bonchev–Trinajstić information content (AvgIpc) is 3.73. The van der Waals surface area contributed by atoms with E-state index >= 15 is 0 Å². The van der Waals surface area contributed by atoms with Crippen molar-refractivity contribution in [1.82, 2.24) is 14.1 Å². The van der Waals surface area contributed by atoms with Gasteiger partial charge in [-0.05, 0) is 60.7 Å². The minimum absolute atomic E-state index is 0.776. The first-order valence-electron chi connectivity index (χ1n) is 17.5. The summed E-state index contributed by atoms with van der Waals surface area (Å²) in [6.45, 7) is 0. The van der Waals surface area contributed by atoms with E-state index in [0.717, 1.165) is 73.3 Å². The molecule has 0 amide bonds. The van der Waals surface area contributed by atoms with Crippen molar-refractivity contribution in [3.05, 3.63) is 182 Å². The second kappa shape index (κ2) is 11.2. The van der Waals surface area contributed by atoms with E-state index in [1.54, 1.807) is 0 Å². The molecule has 0 N–H and O–H groups in total. The van der Waals surface area contributed by atoms with Crippen molar-refractivity contribution in [3.63, 3.8) is 0 Å². The fourth-order valence-corrected chi connectivity index (χ4v) is 8.04. The van der Waals surface area contributed by atoms with Gasteiger partial charge in [0, 0.05) is 39.2 Å². The van der Waals surface area contributed by atoms with E-state index in [2.05, 4.69) is 172 Å². The zero-order valence-corrected chi connectivity index (χ0v) is 28.0. The van der Waals surface area contributed by atoms with Gasteiger partial charge in [0.05, 0.1) is 62.4 Å². The van der Waals surface area contributed by atoms with Crippen LogP contribution >= 0.6 is 0 Å². The SMILES string of the molecule is c1ccc(-c2ccc(N3c4ccc(-n5c6ccccc6c6ccccc65)cc4Oc4cc(-n5c6ccccc6c6ccccc65)ccc43)cn2)cc1. The first-order chi connectivity index (χ1) is 25.8. The zero-order valence-electron chi connectivity index (χ0n) is 28.0. The number of rotatable bonds is 4. The maximum absolute atomic E-state index is 6.96. The molecule has 3 aromatic heterocycles. The van der Waals surface area contributed by atoms with Gasteiger partial charge in [-0.1, -0.05) is 103 Å². The lowest BCUT2D eigenvalue weighted by molar-refractivity contribution is 0.476. The van der Waals surface area contributed by atoms with Crippen LogP contribution in [0.1, 0.15) is 0 Å². The molecular formula is C47H30N4O. The van der Waals surface area contributed by atoms with Gasteiger partial charge in [-0.3, -0.25) is 4.98 Å². The maximum Gasteiger partial charge on any atom is 0.153 e. The van der Waals surface area contributed by atoms with E-state index < -0.39 is 0 Å². The third-order valence-corrected chi connectivity index (χ3v) is 10.3. The summed E-state index contributed by atoms with van der Waals surface area (Å²) in [4.78, 5) is 7.20. The van der Waals surface area contributed by atoms with Gasteiger partial charge < -0.3 is 18.8 Å². The molecule has 0 saturated carbocycles. The molecule has 0 fully saturated rings. The number of hydrogen-bond acceptors (Lipinski definition) is 3. The molecule has 1 aliphatic heterocycles. The van der Waals surface area contributed by atoms with Crippen LogP contribution in [0.25, 0.3) is 66.2 Å². The summed E-state index contributed by atoms with van der Waals surface area (Å²) in [5.41, 5.74) is 11.6. The Labute approximate surface area is 299 Å². The third-order valence-electron chi connectivity index (χ3n) is 10.3. The van der Waals surface area contributed by atoms with E-state index in [1.165, 1.54) is 21.5 Å². The van der Waals surface area contributed by atoms with Crippen LogP contribution in [0.5, 0.6) is 11.5 Å². The topological polar surface area (TPSA) is 35.2 Å². The molecule has 0 bridgehead atoms. The van der Waals surface area contributed by atoms with E-state index in [1.807, 2.05) is 24.4 Å². The van der Waals surface area contributed by atoms with E-state index in [4.69, 9.17) is 9.72 Å². The number of pyridine rings is 1. The van der Waals surface area contributed by atoms with Crippen molar-refractivity contribution < 1.29 is 4.74 Å². The normalized spacial score (nSPS) is 12.3. The molecule has 0 saturated heterocycles. The number of hydrogen-bond donors (Lipinski definition) is 0. The van der Waals surface area contributed by atoms with Gasteiger partial charge in [0.25, 0.3) is 0 Å². The van der Waals surface area contributed by atoms with Crippen molar-refractivity contribution >= 4 is 60.7 Å². The fourth-order valence-electron chi connectivity index (χ4n) is 8.04. The molecule has 7 aromatic carbocycles. The van der Waals surface area contributed by atoms with Crippen LogP contribution < -0.4 is 9.64 Å². The molecule has 4 heterocycles. The summed E-state index contributed by atoms with van der Waals surface area (Å²) in [6.07, 6.45) is 1.96. The molecule has 0 radical (unpaired) electrons. The van der Waals surface area contributed by atoms with Crippen LogP contribution in [-0.2, 0) is 0 Å². The highest BCUT2D eigenvalue weighted by atomic mass is 16.5. The Morgan fingerprint density at radius 1 is 0.385 bits per heavy atom. The predicted molar refractivity (Wildman–Crippen MR) is 213 cm³/mol. The highest BCUT2D eigenvalue weighted by molar-refractivity contribution is 6.10. The zero-order chi connectivity index (χ0) is 34.2. The first kappa shape index (κ1) is 28.7. The minimum Gasteiger partial charge on any atom is -0.453 e. The van der Waals surface area contributed by atoms with Gasteiger partial charge in [-0.2, -0.15) is 0 Å². The average molecular weight is 667 g/mol. The molecular weight excluding hydrogens is 637 g/mol. The molecule has 5 nitrogen and oxygen atoms in total. The Morgan fingerprint density at radius 2 is 0.808 bits per heavy atom. The van der Waals surface area contributed by atoms with Gasteiger partial charge in [0.1, 0.15) is 0 Å². The minimum atomic E-state index is 0.776. The summed E-state index contributed by atoms with van der Waals surface area (Å²) in [6, 6.07) is 62.0. The number of nitrogens with zero attached hydrogens (tertiary/aromatic N) is 4. The monoisotopic (exact) mass is 666 g/mol. The van der Waals surface area contributed by atoms with Crippen molar-refractivity contribution in [3.8, 4) is 34.1 Å². The molecule has 11 rings (SSSR count). The van der Waals surface area contributed by atoms with Gasteiger partial charge >= 0.3 is 0 Å². The summed E-state index contributed by atoms with van der Waals surface area (Å²) < 4.78 is 11.6. The standard InChI is InChI=1S/C47H30N4O/c1-2-12-31(13-3-1)39-25-22-34(30-48-39)51-44-26-23-32(49-40-18-8-4-14-35(40)36-15-5-9-19-41(36)49)28-46(44)52-47-29-33(24-27-45(47)51)50-42-20-10-6-16-37(42)38-17-7-11-21-43(38)50/h1-30H. The fraction of sp³-hybridized carbons (Fsp3) is 0. The van der Waals surface area contributed by atoms with Crippen molar-refractivity contribution in [2.75, 3.05) is 4.90 Å². The predicted octanol–water partition coefficient (Wildman–Crippen LogP) is 12.5. The van der Waals surface area contributed by atoms with E-state index in [0.29, 0.717) is 0 Å². The van der Waals surface area contributed by atoms with Gasteiger partial charge in [-0.15, -0.1) is 0 Å². The van der Waals surface area contributed by atoms with Crippen molar-refractivity contribution in [2.24, 2.45) is 0 Å². The van der Waals surface area contributed by atoms with E-state index in [-0.39, 0.29) is 0 Å². The number of para-hydroxylation sites is 4. The lowest BCUT2D eigenvalue weighted by Gasteiger charge is -2.33. The van der Waals surface area contributed by atoms with Gasteiger partial charge in [-0.25, -0.2) is 0 Å². The number of ether oxygens (including phenoxy) is 1. The maximum atomic E-state index is 6.96. The number of anilines is 3. The number of aromatic nitrogens is 3. The lowest BCUT2D eigenvalue weighted by atomic mass is 10.1. The van der Waals surface area contributed by atoms with Gasteiger partial charge in [0.2, 0.25) is 0 Å². The molecule has 5 heteroatoms. The van der Waals surface area contributed by atoms with Crippen LogP contribution in [0.3, 0.4) is 0 Å². The first-order valence-corrected chi connectivity index (χ1v) is 17.5. The molecule has 52 heavy (non-hydrogen) atoms. The van der Waals surface area contributed by atoms with Gasteiger partial charge in [0.15, 0.2) is 11.5 Å². The second-order valence-corrected chi connectivity index (χ2v) is 13.2. The highest BCUT2D eigenvalue weighted by Gasteiger charge is 2.28. The van der Waals surface area contributed by atoms with Crippen LogP contribution in [0.4, 0.5) is 17.1 Å². The van der Waals surface area contributed by atoms with E-state index in [9.17, 15) is 0 Å². The number of benzene rings is 7. The van der Waals surface area contributed by atoms with Crippen LogP contribution in [0.2, 0.25) is 0 Å². The Kier molecular flexibility index (Phi) is 6.18. The Morgan fingerprint density at radius 3 is 1.25 bits per heavy atom. The highest BCUT2D eigenvalue weighted by Crippen LogP contribution is 2.52. The molecule has 244 valence electrons. The molecule has 10 aromatic rings. The Bertz CT molecular complexity index is 2720. The quantitative estimate of drug-likeness (QED) is 0.188. The third kappa shape index (κ3) is 4.26. The summed E-state index contributed by atoms with van der Waals surface area (Å²) >= 11 is 0. The van der Waals surface area contributed by atoms with Crippen LogP contribution in [0, 0.1) is 0 Å². The van der Waals surface area contributed by atoms with Crippen molar-refractivity contribution in [1.29, 1.82) is 0 Å². The molecule has 0 spiro atoms.